The first kappa shape index (κ1) is 15.8. The van der Waals surface area contributed by atoms with Crippen molar-refractivity contribution in [3.63, 3.8) is 0 Å². The van der Waals surface area contributed by atoms with Crippen LogP contribution in [0.4, 0.5) is 5.69 Å². The first-order valence-electron chi connectivity index (χ1n) is 6.26. The van der Waals surface area contributed by atoms with Crippen LogP contribution in [0.5, 0.6) is 11.5 Å². The number of likely N-dealkylation sites (N-methyl/N-ethyl adjacent to an activating group) is 1. The van der Waals surface area contributed by atoms with Crippen LogP contribution in [0.1, 0.15) is 0 Å². The SMILES string of the molecule is CNCC(=O)Nc1ccc(Oc2ccc(Br)cc2)c(Cl)c1. The highest BCUT2D eigenvalue weighted by Gasteiger charge is 2.07. The van der Waals surface area contributed by atoms with Crippen LogP contribution < -0.4 is 15.4 Å². The van der Waals surface area contributed by atoms with Crippen molar-refractivity contribution >= 4 is 39.1 Å². The molecule has 0 spiro atoms. The highest BCUT2D eigenvalue weighted by molar-refractivity contribution is 9.10. The van der Waals surface area contributed by atoms with Gasteiger partial charge in [-0.2, -0.15) is 0 Å². The van der Waals surface area contributed by atoms with Crippen molar-refractivity contribution in [1.82, 2.24) is 5.32 Å². The molecule has 2 N–H and O–H groups in total. The van der Waals surface area contributed by atoms with Gasteiger partial charge in [-0.25, -0.2) is 0 Å². The normalized spacial score (nSPS) is 10.2. The number of amides is 1. The topological polar surface area (TPSA) is 50.4 Å². The average molecular weight is 370 g/mol. The van der Waals surface area contributed by atoms with Gasteiger partial charge in [0.1, 0.15) is 11.5 Å². The molecule has 6 heteroatoms. The van der Waals surface area contributed by atoms with Crippen LogP contribution in [0.3, 0.4) is 0 Å². The number of ether oxygens (including phenoxy) is 1. The van der Waals surface area contributed by atoms with Gasteiger partial charge in [0.05, 0.1) is 11.6 Å². The quantitative estimate of drug-likeness (QED) is 0.836. The monoisotopic (exact) mass is 368 g/mol. The summed E-state index contributed by atoms with van der Waals surface area (Å²) >= 11 is 9.53. The third kappa shape index (κ3) is 4.74. The van der Waals surface area contributed by atoms with Crippen molar-refractivity contribution in [3.8, 4) is 11.5 Å². The molecule has 0 aliphatic rings. The third-order valence-corrected chi connectivity index (χ3v) is 3.42. The van der Waals surface area contributed by atoms with Crippen molar-refractivity contribution in [1.29, 1.82) is 0 Å². The summed E-state index contributed by atoms with van der Waals surface area (Å²) in [6, 6.07) is 12.6. The van der Waals surface area contributed by atoms with E-state index >= 15 is 0 Å². The van der Waals surface area contributed by atoms with E-state index in [0.29, 0.717) is 22.2 Å². The van der Waals surface area contributed by atoms with Crippen LogP contribution in [-0.4, -0.2) is 19.5 Å². The van der Waals surface area contributed by atoms with Gasteiger partial charge in [0.25, 0.3) is 0 Å². The summed E-state index contributed by atoms with van der Waals surface area (Å²) in [6.45, 7) is 0.245. The number of hydrogen-bond donors (Lipinski definition) is 2. The second-order valence-electron chi connectivity index (χ2n) is 4.28. The highest BCUT2D eigenvalue weighted by atomic mass is 79.9. The summed E-state index contributed by atoms with van der Waals surface area (Å²) in [7, 11) is 1.71. The largest absolute Gasteiger partial charge is 0.456 e. The molecule has 0 radical (unpaired) electrons. The lowest BCUT2D eigenvalue weighted by Crippen LogP contribution is -2.24. The van der Waals surface area contributed by atoms with E-state index in [1.807, 2.05) is 24.3 Å². The molecule has 1 amide bonds. The molecule has 0 saturated heterocycles. The minimum atomic E-state index is -0.129. The maximum atomic E-state index is 11.5. The van der Waals surface area contributed by atoms with Crippen LogP contribution in [0.2, 0.25) is 5.02 Å². The number of anilines is 1. The molecular formula is C15H14BrClN2O2. The van der Waals surface area contributed by atoms with Gasteiger partial charge in [-0.15, -0.1) is 0 Å². The molecule has 4 nitrogen and oxygen atoms in total. The molecule has 2 aromatic carbocycles. The van der Waals surface area contributed by atoms with E-state index in [4.69, 9.17) is 16.3 Å². The molecule has 0 bridgehead atoms. The Bertz CT molecular complexity index is 632. The summed E-state index contributed by atoms with van der Waals surface area (Å²) in [5.74, 6) is 1.09. The Hall–Kier alpha value is -1.56. The van der Waals surface area contributed by atoms with Crippen LogP contribution in [0.25, 0.3) is 0 Å². The Morgan fingerprint density at radius 1 is 1.24 bits per heavy atom. The molecule has 0 atom stereocenters. The van der Waals surface area contributed by atoms with Gasteiger partial charge in [0.2, 0.25) is 5.91 Å². The van der Waals surface area contributed by atoms with E-state index in [-0.39, 0.29) is 12.5 Å². The lowest BCUT2D eigenvalue weighted by atomic mass is 10.3. The first-order chi connectivity index (χ1) is 10.1. The molecule has 21 heavy (non-hydrogen) atoms. The van der Waals surface area contributed by atoms with Crippen molar-refractivity contribution in [2.24, 2.45) is 0 Å². The molecule has 2 rings (SSSR count). The summed E-state index contributed by atoms with van der Waals surface area (Å²) < 4.78 is 6.67. The maximum absolute atomic E-state index is 11.5. The number of rotatable bonds is 5. The minimum Gasteiger partial charge on any atom is -0.456 e. The molecule has 0 saturated carbocycles. The highest BCUT2D eigenvalue weighted by Crippen LogP contribution is 2.32. The maximum Gasteiger partial charge on any atom is 0.238 e. The van der Waals surface area contributed by atoms with Gasteiger partial charge in [0, 0.05) is 10.2 Å². The Kier molecular flexibility index (Phi) is 5.61. The molecule has 0 aliphatic heterocycles. The van der Waals surface area contributed by atoms with E-state index in [9.17, 15) is 4.79 Å². The van der Waals surface area contributed by atoms with E-state index < -0.39 is 0 Å². The molecule has 0 aliphatic carbocycles. The fourth-order valence-corrected chi connectivity index (χ4v) is 2.14. The second kappa shape index (κ2) is 7.45. The fraction of sp³-hybridized carbons (Fsp3) is 0.133. The standard InChI is InChI=1S/C15H14BrClN2O2/c1-18-9-15(20)19-11-4-7-14(13(17)8-11)21-12-5-2-10(16)3-6-12/h2-8,18H,9H2,1H3,(H,19,20). The van der Waals surface area contributed by atoms with Crippen molar-refractivity contribution in [3.05, 3.63) is 52.0 Å². The fourth-order valence-electron chi connectivity index (χ4n) is 1.66. The zero-order valence-corrected chi connectivity index (χ0v) is 13.7. The van der Waals surface area contributed by atoms with Gasteiger partial charge in [-0.3, -0.25) is 4.79 Å². The van der Waals surface area contributed by atoms with E-state index in [2.05, 4.69) is 26.6 Å². The Balaban J connectivity index is 2.08. The smallest absolute Gasteiger partial charge is 0.238 e. The van der Waals surface area contributed by atoms with Crippen molar-refractivity contribution < 1.29 is 9.53 Å². The predicted octanol–water partition coefficient (Wildman–Crippen LogP) is 4.05. The lowest BCUT2D eigenvalue weighted by molar-refractivity contribution is -0.115. The molecule has 0 aromatic heterocycles. The Labute approximate surface area is 136 Å². The number of carbonyl (C=O) groups excluding carboxylic acids is 1. The third-order valence-electron chi connectivity index (χ3n) is 2.59. The van der Waals surface area contributed by atoms with E-state index in [0.717, 1.165) is 4.47 Å². The van der Waals surface area contributed by atoms with Crippen LogP contribution in [-0.2, 0) is 4.79 Å². The van der Waals surface area contributed by atoms with Crippen molar-refractivity contribution in [2.75, 3.05) is 18.9 Å². The molecular weight excluding hydrogens is 356 g/mol. The molecule has 0 unspecified atom stereocenters. The first-order valence-corrected chi connectivity index (χ1v) is 7.43. The minimum absolute atomic E-state index is 0.129. The average Bonchev–Trinajstić information content (AvgIpc) is 2.44. The molecule has 0 fully saturated rings. The van der Waals surface area contributed by atoms with Crippen LogP contribution in [0, 0.1) is 0 Å². The van der Waals surface area contributed by atoms with Crippen LogP contribution >= 0.6 is 27.5 Å². The number of nitrogens with one attached hydrogen (secondary N) is 2. The Morgan fingerprint density at radius 3 is 2.57 bits per heavy atom. The second-order valence-corrected chi connectivity index (χ2v) is 5.60. The lowest BCUT2D eigenvalue weighted by Gasteiger charge is -2.10. The summed E-state index contributed by atoms with van der Waals surface area (Å²) in [5.41, 5.74) is 0.628. The molecule has 0 heterocycles. The van der Waals surface area contributed by atoms with Crippen molar-refractivity contribution in [2.45, 2.75) is 0 Å². The number of carbonyl (C=O) groups is 1. The summed E-state index contributed by atoms with van der Waals surface area (Å²) in [5, 5.41) is 5.94. The number of hydrogen-bond acceptors (Lipinski definition) is 3. The predicted molar refractivity (Wildman–Crippen MR) is 88.2 cm³/mol. The number of benzene rings is 2. The van der Waals surface area contributed by atoms with Crippen LogP contribution in [0.15, 0.2) is 46.9 Å². The Morgan fingerprint density at radius 2 is 1.95 bits per heavy atom. The van der Waals surface area contributed by atoms with Gasteiger partial charge < -0.3 is 15.4 Å². The molecule has 110 valence electrons. The molecule has 2 aromatic rings. The van der Waals surface area contributed by atoms with Gasteiger partial charge in [-0.05, 0) is 49.5 Å². The number of halogens is 2. The van der Waals surface area contributed by atoms with Gasteiger partial charge >= 0.3 is 0 Å². The summed E-state index contributed by atoms with van der Waals surface area (Å²) in [6.07, 6.45) is 0. The van der Waals surface area contributed by atoms with E-state index in [1.165, 1.54) is 0 Å². The van der Waals surface area contributed by atoms with Gasteiger partial charge in [0.15, 0.2) is 0 Å². The van der Waals surface area contributed by atoms with Gasteiger partial charge in [-0.1, -0.05) is 27.5 Å². The van der Waals surface area contributed by atoms with E-state index in [1.54, 1.807) is 25.2 Å². The zero-order valence-electron chi connectivity index (χ0n) is 11.3. The summed E-state index contributed by atoms with van der Waals surface area (Å²) in [4.78, 5) is 11.5. The zero-order chi connectivity index (χ0) is 15.2.